The van der Waals surface area contributed by atoms with Crippen molar-refractivity contribution in [1.29, 1.82) is 0 Å². The summed E-state index contributed by atoms with van der Waals surface area (Å²) in [6.45, 7) is 3.49. The van der Waals surface area contributed by atoms with Crippen molar-refractivity contribution in [2.45, 2.75) is 0 Å². The maximum Gasteiger partial charge on any atom is 0.116 e. The van der Waals surface area contributed by atoms with Crippen molar-refractivity contribution in [3.63, 3.8) is 0 Å². The Morgan fingerprint density at radius 1 is 1.40 bits per heavy atom. The van der Waals surface area contributed by atoms with Gasteiger partial charge in [-0.25, -0.2) is 4.99 Å². The number of hydrogen-bond donors (Lipinski definition) is 2. The summed E-state index contributed by atoms with van der Waals surface area (Å²) in [5.74, 6) is 0.191. The lowest BCUT2D eigenvalue weighted by Crippen LogP contribution is -2.03. The zero-order valence-electron chi connectivity index (χ0n) is 8.02. The molecule has 0 atom stereocenters. The van der Waals surface area contributed by atoms with E-state index in [4.69, 9.17) is 23.1 Å². The second-order valence-corrected chi connectivity index (χ2v) is 3.19. The van der Waals surface area contributed by atoms with Crippen molar-refractivity contribution in [3.05, 3.63) is 53.7 Å². The van der Waals surface area contributed by atoms with Gasteiger partial charge in [-0.2, -0.15) is 0 Å². The topological polar surface area (TPSA) is 77.3 Å². The van der Waals surface area contributed by atoms with E-state index in [0.29, 0.717) is 5.71 Å². The zero-order chi connectivity index (χ0) is 11.3. The minimum absolute atomic E-state index is 0.131. The van der Waals surface area contributed by atoms with E-state index in [1.165, 1.54) is 6.08 Å². The molecule has 1 aromatic rings. The summed E-state index contributed by atoms with van der Waals surface area (Å²) < 4.78 is 0. The Balaban J connectivity index is 3.14. The summed E-state index contributed by atoms with van der Waals surface area (Å²) in [5, 5.41) is 0.131. The highest BCUT2D eigenvalue weighted by atomic mass is 35.5. The molecule has 4 N–H and O–H groups in total. The summed E-state index contributed by atoms with van der Waals surface area (Å²) in [7, 11) is 0. The molecular formula is C10H11ClN4. The summed E-state index contributed by atoms with van der Waals surface area (Å²) in [6, 6.07) is 3.55. The van der Waals surface area contributed by atoms with Crippen LogP contribution >= 0.6 is 11.6 Å². The molecule has 4 nitrogen and oxygen atoms in total. The summed E-state index contributed by atoms with van der Waals surface area (Å²) >= 11 is 5.58. The Bertz CT molecular complexity index is 405. The third kappa shape index (κ3) is 3.83. The van der Waals surface area contributed by atoms with Gasteiger partial charge in [0.25, 0.3) is 0 Å². The predicted octanol–water partition coefficient (Wildman–Crippen LogP) is 1.34. The highest BCUT2D eigenvalue weighted by Gasteiger charge is 2.00. The Morgan fingerprint density at radius 2 is 2.00 bits per heavy atom. The molecule has 1 heterocycles. The lowest BCUT2D eigenvalue weighted by molar-refractivity contribution is 1.25. The molecule has 0 saturated carbocycles. The van der Waals surface area contributed by atoms with Crippen molar-refractivity contribution in [2.75, 3.05) is 0 Å². The number of nitrogens with zero attached hydrogens (tertiary/aromatic N) is 2. The SMILES string of the molecule is C=C(N)/N=C(\C=C(/N)Cl)c1ccncc1. The molecule has 0 spiro atoms. The Labute approximate surface area is 93.0 Å². The van der Waals surface area contributed by atoms with E-state index in [9.17, 15) is 0 Å². The fourth-order valence-electron chi connectivity index (χ4n) is 0.988. The van der Waals surface area contributed by atoms with Crippen LogP contribution in [-0.4, -0.2) is 10.7 Å². The first-order valence-electron chi connectivity index (χ1n) is 4.15. The van der Waals surface area contributed by atoms with Gasteiger partial charge in [0.05, 0.1) is 5.71 Å². The number of halogens is 1. The number of nitrogens with two attached hydrogens (primary N) is 2. The maximum atomic E-state index is 5.58. The Kier molecular flexibility index (Phi) is 3.88. The lowest BCUT2D eigenvalue weighted by atomic mass is 10.1. The molecule has 0 radical (unpaired) electrons. The average Bonchev–Trinajstić information content (AvgIpc) is 2.17. The van der Waals surface area contributed by atoms with E-state index >= 15 is 0 Å². The molecule has 0 aliphatic rings. The third-order valence-electron chi connectivity index (χ3n) is 1.51. The minimum Gasteiger partial charge on any atom is -0.389 e. The van der Waals surface area contributed by atoms with Gasteiger partial charge in [-0.1, -0.05) is 18.2 Å². The molecule has 0 aliphatic heterocycles. The predicted molar refractivity (Wildman–Crippen MR) is 62.2 cm³/mol. The molecule has 0 aliphatic carbocycles. The van der Waals surface area contributed by atoms with Gasteiger partial charge in [-0.3, -0.25) is 4.98 Å². The maximum absolute atomic E-state index is 5.58. The smallest absolute Gasteiger partial charge is 0.116 e. The van der Waals surface area contributed by atoms with E-state index < -0.39 is 0 Å². The van der Waals surface area contributed by atoms with Crippen LogP contribution in [0.5, 0.6) is 0 Å². The van der Waals surface area contributed by atoms with Crippen LogP contribution in [0.1, 0.15) is 5.56 Å². The molecule has 0 fully saturated rings. The first-order valence-corrected chi connectivity index (χ1v) is 4.53. The van der Waals surface area contributed by atoms with Crippen molar-refractivity contribution >= 4 is 17.3 Å². The summed E-state index contributed by atoms with van der Waals surface area (Å²) in [4.78, 5) is 7.91. The van der Waals surface area contributed by atoms with Crippen LogP contribution in [0.4, 0.5) is 0 Å². The number of pyridine rings is 1. The molecule has 78 valence electrons. The van der Waals surface area contributed by atoms with Crippen molar-refractivity contribution < 1.29 is 0 Å². The van der Waals surface area contributed by atoms with Crippen molar-refractivity contribution in [2.24, 2.45) is 16.5 Å². The van der Waals surface area contributed by atoms with E-state index in [-0.39, 0.29) is 11.0 Å². The molecular weight excluding hydrogens is 212 g/mol. The number of rotatable bonds is 3. The van der Waals surface area contributed by atoms with Gasteiger partial charge >= 0.3 is 0 Å². The van der Waals surface area contributed by atoms with E-state index in [1.807, 2.05) is 0 Å². The third-order valence-corrected chi connectivity index (χ3v) is 1.62. The van der Waals surface area contributed by atoms with Crippen LogP contribution < -0.4 is 11.5 Å². The molecule has 5 heteroatoms. The van der Waals surface area contributed by atoms with Crippen molar-refractivity contribution in [3.8, 4) is 0 Å². The first-order chi connectivity index (χ1) is 7.09. The van der Waals surface area contributed by atoms with Crippen LogP contribution in [0.2, 0.25) is 0 Å². The van der Waals surface area contributed by atoms with Gasteiger partial charge < -0.3 is 11.5 Å². The van der Waals surface area contributed by atoms with E-state index in [1.54, 1.807) is 24.5 Å². The summed E-state index contributed by atoms with van der Waals surface area (Å²) in [5.41, 5.74) is 12.1. The van der Waals surface area contributed by atoms with E-state index in [2.05, 4.69) is 16.6 Å². The van der Waals surface area contributed by atoms with Crippen LogP contribution in [0.15, 0.2) is 53.2 Å². The number of aliphatic imine (C=N–C) groups is 1. The Hall–Kier alpha value is -1.81. The Morgan fingerprint density at radius 3 is 2.47 bits per heavy atom. The van der Waals surface area contributed by atoms with Gasteiger partial charge in [0.1, 0.15) is 11.0 Å². The largest absolute Gasteiger partial charge is 0.389 e. The number of allylic oxidation sites excluding steroid dienone is 1. The molecule has 0 bridgehead atoms. The van der Waals surface area contributed by atoms with Gasteiger partial charge in [-0.15, -0.1) is 0 Å². The molecule has 0 unspecified atom stereocenters. The number of hydrogen-bond acceptors (Lipinski definition) is 4. The average molecular weight is 223 g/mol. The van der Waals surface area contributed by atoms with Crippen LogP contribution in [-0.2, 0) is 0 Å². The van der Waals surface area contributed by atoms with Gasteiger partial charge in [-0.05, 0) is 18.2 Å². The molecule has 1 rings (SSSR count). The quantitative estimate of drug-likeness (QED) is 0.599. The van der Waals surface area contributed by atoms with Gasteiger partial charge in [0, 0.05) is 18.0 Å². The van der Waals surface area contributed by atoms with E-state index in [0.717, 1.165) is 5.56 Å². The zero-order valence-corrected chi connectivity index (χ0v) is 8.78. The molecule has 0 amide bonds. The van der Waals surface area contributed by atoms with Gasteiger partial charge in [0.2, 0.25) is 0 Å². The monoisotopic (exact) mass is 222 g/mol. The van der Waals surface area contributed by atoms with Crippen LogP contribution in [0, 0.1) is 0 Å². The fourth-order valence-corrected chi connectivity index (χ4v) is 1.09. The second kappa shape index (κ2) is 5.17. The standard InChI is InChI=1S/C10H11ClN4/c1-7(12)15-9(6-10(11)13)8-2-4-14-5-3-8/h2-6H,1,12-13H2/b10-6-,15-9+. The molecule has 1 aromatic heterocycles. The van der Waals surface area contributed by atoms with Gasteiger partial charge in [0.15, 0.2) is 0 Å². The highest BCUT2D eigenvalue weighted by molar-refractivity contribution is 6.31. The first kappa shape index (κ1) is 11.3. The number of aromatic nitrogens is 1. The van der Waals surface area contributed by atoms with Crippen molar-refractivity contribution in [1.82, 2.24) is 4.98 Å². The lowest BCUT2D eigenvalue weighted by Gasteiger charge is -2.01. The minimum atomic E-state index is 0.131. The summed E-state index contributed by atoms with van der Waals surface area (Å²) in [6.07, 6.45) is 4.79. The molecule has 15 heavy (non-hydrogen) atoms. The molecule has 0 aromatic carbocycles. The second-order valence-electron chi connectivity index (χ2n) is 2.75. The normalized spacial score (nSPS) is 12.6. The van der Waals surface area contributed by atoms with Crippen LogP contribution in [0.3, 0.4) is 0 Å². The van der Waals surface area contributed by atoms with Crippen LogP contribution in [0.25, 0.3) is 0 Å². The highest BCUT2D eigenvalue weighted by Crippen LogP contribution is 2.05. The molecule has 0 saturated heterocycles. The fraction of sp³-hybridized carbons (Fsp3) is 0.